The van der Waals surface area contributed by atoms with E-state index in [0.717, 1.165) is 6.42 Å². The number of halogens is 1. The summed E-state index contributed by atoms with van der Waals surface area (Å²) in [7, 11) is 0. The second kappa shape index (κ2) is 12.1. The van der Waals surface area contributed by atoms with Crippen molar-refractivity contribution in [2.45, 2.75) is 33.3 Å². The molecule has 0 saturated heterocycles. The first-order valence-electron chi connectivity index (χ1n) is 11.2. The Kier molecular flexibility index (Phi) is 8.93. The second-order valence-electron chi connectivity index (χ2n) is 8.27. The molecule has 1 unspecified atom stereocenters. The lowest BCUT2D eigenvalue weighted by molar-refractivity contribution is -0.122. The minimum Gasteiger partial charge on any atom is -0.494 e. The fraction of sp³-hybridized carbons (Fsp3) is 0.259. The maximum Gasteiger partial charge on any atom is 0.265 e. The zero-order chi connectivity index (χ0) is 24.5. The minimum absolute atomic E-state index is 0.243. The molecule has 0 fully saturated rings. The molecule has 6 nitrogen and oxygen atoms in total. The number of hydrogen-bond donors (Lipinski definition) is 2. The molecule has 3 rings (SSSR count). The lowest BCUT2D eigenvalue weighted by atomic mass is 10.1. The molecular formula is C27H29ClN2O4. The lowest BCUT2D eigenvalue weighted by Gasteiger charge is -2.16. The van der Waals surface area contributed by atoms with Crippen LogP contribution < -0.4 is 20.1 Å². The average molecular weight is 481 g/mol. The normalized spacial score (nSPS) is 11.6. The summed E-state index contributed by atoms with van der Waals surface area (Å²) in [4.78, 5) is 25.1. The van der Waals surface area contributed by atoms with Crippen LogP contribution in [0.25, 0.3) is 0 Å². The van der Waals surface area contributed by atoms with Crippen LogP contribution in [-0.2, 0) is 4.79 Å². The van der Waals surface area contributed by atoms with E-state index >= 15 is 0 Å². The van der Waals surface area contributed by atoms with Crippen molar-refractivity contribution in [1.29, 1.82) is 0 Å². The highest BCUT2D eigenvalue weighted by Crippen LogP contribution is 2.24. The van der Waals surface area contributed by atoms with Crippen molar-refractivity contribution in [2.24, 2.45) is 5.92 Å². The first kappa shape index (κ1) is 25.1. The van der Waals surface area contributed by atoms with Gasteiger partial charge in [-0.15, -0.1) is 0 Å². The van der Waals surface area contributed by atoms with Crippen LogP contribution in [0, 0.1) is 5.92 Å². The highest BCUT2D eigenvalue weighted by atomic mass is 35.5. The van der Waals surface area contributed by atoms with E-state index in [2.05, 4.69) is 24.5 Å². The molecule has 0 spiro atoms. The maximum atomic E-state index is 12.6. The Labute approximate surface area is 205 Å². The molecule has 0 aromatic heterocycles. The Morgan fingerprint density at radius 1 is 0.882 bits per heavy atom. The molecule has 2 N–H and O–H groups in total. The molecule has 2 amide bonds. The van der Waals surface area contributed by atoms with Gasteiger partial charge in [-0.1, -0.05) is 43.6 Å². The van der Waals surface area contributed by atoms with E-state index in [4.69, 9.17) is 21.1 Å². The van der Waals surface area contributed by atoms with Gasteiger partial charge in [0.25, 0.3) is 11.8 Å². The Morgan fingerprint density at radius 2 is 1.56 bits per heavy atom. The van der Waals surface area contributed by atoms with Crippen molar-refractivity contribution in [1.82, 2.24) is 0 Å². The largest absolute Gasteiger partial charge is 0.494 e. The predicted octanol–water partition coefficient (Wildman–Crippen LogP) is 6.42. The van der Waals surface area contributed by atoms with Gasteiger partial charge in [-0.2, -0.15) is 0 Å². The molecule has 7 heteroatoms. The topological polar surface area (TPSA) is 76.7 Å². The van der Waals surface area contributed by atoms with Gasteiger partial charge >= 0.3 is 0 Å². The van der Waals surface area contributed by atoms with Gasteiger partial charge in [-0.25, -0.2) is 0 Å². The number of nitrogens with one attached hydrogen (secondary N) is 2. The molecule has 0 aliphatic heterocycles. The Hall–Kier alpha value is -3.51. The Morgan fingerprint density at radius 3 is 2.24 bits per heavy atom. The lowest BCUT2D eigenvalue weighted by Crippen LogP contribution is -2.30. The number of anilines is 2. The molecule has 3 aromatic carbocycles. The Balaban J connectivity index is 1.53. The van der Waals surface area contributed by atoms with Gasteiger partial charge in [0.2, 0.25) is 0 Å². The second-order valence-corrected chi connectivity index (χ2v) is 8.68. The monoisotopic (exact) mass is 480 g/mol. The molecule has 0 heterocycles. The van der Waals surface area contributed by atoms with Gasteiger partial charge in [0.15, 0.2) is 6.10 Å². The smallest absolute Gasteiger partial charge is 0.265 e. The van der Waals surface area contributed by atoms with Crippen molar-refractivity contribution < 1.29 is 19.1 Å². The first-order valence-corrected chi connectivity index (χ1v) is 11.6. The van der Waals surface area contributed by atoms with Crippen LogP contribution in [-0.4, -0.2) is 24.5 Å². The summed E-state index contributed by atoms with van der Waals surface area (Å²) < 4.78 is 11.4. The summed E-state index contributed by atoms with van der Waals surface area (Å²) in [6, 6.07) is 20.9. The summed E-state index contributed by atoms with van der Waals surface area (Å²) in [5, 5.41) is 6.09. The van der Waals surface area contributed by atoms with Crippen LogP contribution in [0.2, 0.25) is 5.02 Å². The number of para-hydroxylation sites is 1. The number of rotatable bonds is 10. The van der Waals surface area contributed by atoms with Gasteiger partial charge in [0.1, 0.15) is 11.5 Å². The van der Waals surface area contributed by atoms with E-state index < -0.39 is 6.10 Å². The van der Waals surface area contributed by atoms with Crippen molar-refractivity contribution >= 4 is 34.8 Å². The van der Waals surface area contributed by atoms with Crippen LogP contribution in [0.5, 0.6) is 11.5 Å². The number of ether oxygens (including phenoxy) is 2. The summed E-state index contributed by atoms with van der Waals surface area (Å²) >= 11 is 6.08. The highest BCUT2D eigenvalue weighted by molar-refractivity contribution is 6.32. The summed E-state index contributed by atoms with van der Waals surface area (Å²) in [5.74, 6) is 1.11. The third-order valence-electron chi connectivity index (χ3n) is 4.98. The standard InChI is InChI=1S/C27H29ClN2O4/c1-18(2)15-16-33-23-8-6-7-20(17-23)27(32)30-22-13-11-21(12-14-22)29-26(31)19(3)34-25-10-5-4-9-24(25)28/h4-14,17-19H,15-16H2,1-3H3,(H,29,31)(H,30,32). The molecule has 0 saturated carbocycles. The molecule has 178 valence electrons. The number of amides is 2. The summed E-state index contributed by atoms with van der Waals surface area (Å²) in [6.45, 7) is 6.53. The van der Waals surface area contributed by atoms with Crippen LogP contribution in [0.1, 0.15) is 37.6 Å². The van der Waals surface area contributed by atoms with E-state index in [0.29, 0.717) is 46.0 Å². The molecule has 0 aliphatic carbocycles. The van der Waals surface area contributed by atoms with E-state index in [9.17, 15) is 9.59 Å². The summed E-state index contributed by atoms with van der Waals surface area (Å²) in [6.07, 6.45) is 0.207. The van der Waals surface area contributed by atoms with E-state index in [1.807, 2.05) is 6.07 Å². The van der Waals surface area contributed by atoms with E-state index in [-0.39, 0.29) is 11.8 Å². The zero-order valence-electron chi connectivity index (χ0n) is 19.5. The van der Waals surface area contributed by atoms with Crippen molar-refractivity contribution in [2.75, 3.05) is 17.2 Å². The quantitative estimate of drug-likeness (QED) is 0.351. The van der Waals surface area contributed by atoms with Gasteiger partial charge in [-0.3, -0.25) is 9.59 Å². The Bertz CT molecular complexity index is 1120. The van der Waals surface area contributed by atoms with Gasteiger partial charge in [0, 0.05) is 16.9 Å². The molecule has 3 aromatic rings. The van der Waals surface area contributed by atoms with E-state index in [1.165, 1.54) is 0 Å². The molecule has 1 atom stereocenters. The van der Waals surface area contributed by atoms with Gasteiger partial charge < -0.3 is 20.1 Å². The predicted molar refractivity (Wildman–Crippen MR) is 136 cm³/mol. The van der Waals surface area contributed by atoms with Crippen LogP contribution in [0.3, 0.4) is 0 Å². The number of carbonyl (C=O) groups is 2. The molecular weight excluding hydrogens is 452 g/mol. The number of benzene rings is 3. The van der Waals surface area contributed by atoms with Crippen LogP contribution in [0.4, 0.5) is 11.4 Å². The van der Waals surface area contributed by atoms with Crippen molar-refractivity contribution in [3.8, 4) is 11.5 Å². The van der Waals surface area contributed by atoms with Crippen LogP contribution >= 0.6 is 11.6 Å². The van der Waals surface area contributed by atoms with E-state index in [1.54, 1.807) is 73.7 Å². The average Bonchev–Trinajstić information content (AvgIpc) is 2.81. The van der Waals surface area contributed by atoms with Gasteiger partial charge in [-0.05, 0) is 73.9 Å². The molecule has 0 radical (unpaired) electrons. The highest BCUT2D eigenvalue weighted by Gasteiger charge is 2.16. The minimum atomic E-state index is -0.741. The fourth-order valence-electron chi connectivity index (χ4n) is 3.01. The van der Waals surface area contributed by atoms with Gasteiger partial charge in [0.05, 0.1) is 11.6 Å². The maximum absolute atomic E-state index is 12.6. The van der Waals surface area contributed by atoms with Crippen molar-refractivity contribution in [3.63, 3.8) is 0 Å². The van der Waals surface area contributed by atoms with Crippen LogP contribution in [0.15, 0.2) is 72.8 Å². The summed E-state index contributed by atoms with van der Waals surface area (Å²) in [5.41, 5.74) is 1.69. The zero-order valence-corrected chi connectivity index (χ0v) is 20.3. The first-order chi connectivity index (χ1) is 16.3. The molecule has 0 bridgehead atoms. The third-order valence-corrected chi connectivity index (χ3v) is 5.29. The number of carbonyl (C=O) groups excluding carboxylic acids is 2. The number of hydrogen-bond acceptors (Lipinski definition) is 4. The van der Waals surface area contributed by atoms with Crippen molar-refractivity contribution in [3.05, 3.63) is 83.4 Å². The SMILES string of the molecule is CC(C)CCOc1cccc(C(=O)Nc2ccc(NC(=O)C(C)Oc3ccccc3Cl)cc2)c1. The molecule has 34 heavy (non-hydrogen) atoms. The fourth-order valence-corrected chi connectivity index (χ4v) is 3.19. The molecule has 0 aliphatic rings. The third kappa shape index (κ3) is 7.52.